The number of anilines is 2. The second kappa shape index (κ2) is 11.7. The topological polar surface area (TPSA) is 118 Å². The van der Waals surface area contributed by atoms with Gasteiger partial charge >= 0.3 is 0 Å². The molecule has 1 aromatic carbocycles. The van der Waals surface area contributed by atoms with E-state index >= 15 is 0 Å². The van der Waals surface area contributed by atoms with Crippen LogP contribution >= 0.6 is 0 Å². The highest BCUT2D eigenvalue weighted by atomic mass is 32.2. The number of carbonyl (C=O) groups excluding carboxylic acids is 1. The summed E-state index contributed by atoms with van der Waals surface area (Å²) in [6.07, 6.45) is 12.1. The molecule has 234 valence electrons. The molecule has 1 saturated carbocycles. The summed E-state index contributed by atoms with van der Waals surface area (Å²) >= 11 is 0. The molecule has 10 nitrogen and oxygen atoms in total. The Morgan fingerprint density at radius 2 is 1.76 bits per heavy atom. The Kier molecular flexibility index (Phi) is 7.69. The van der Waals surface area contributed by atoms with E-state index in [0.717, 1.165) is 84.3 Å². The lowest BCUT2D eigenvalue weighted by Crippen LogP contribution is -2.43. The van der Waals surface area contributed by atoms with Crippen LogP contribution in [0.2, 0.25) is 0 Å². The van der Waals surface area contributed by atoms with Gasteiger partial charge in [-0.05, 0) is 88.0 Å². The second-order valence-electron chi connectivity index (χ2n) is 12.5. The number of fused-ring (bicyclic) bond motifs is 4. The standard InChI is InChI=1S/C34H38N6O4S/c1-23-8-10-26(21-35-23)45(42,43)38-29-19-25(20-37-32(29)44-17-7-16-40-14-4-3-5-15-40)24-9-11-28-27(18-24)31-30(22-36-28)39(2)33(41)34(31)12-6-13-34/h8-11,18-22,38H,3-7,12-17H2,1-2H3. The van der Waals surface area contributed by atoms with Gasteiger partial charge in [0, 0.05) is 48.2 Å². The molecule has 1 aliphatic carbocycles. The van der Waals surface area contributed by atoms with Gasteiger partial charge in [-0.2, -0.15) is 0 Å². The molecule has 45 heavy (non-hydrogen) atoms. The summed E-state index contributed by atoms with van der Waals surface area (Å²) in [4.78, 5) is 31.0. The molecular weight excluding hydrogens is 588 g/mol. The maximum absolute atomic E-state index is 13.4. The minimum absolute atomic E-state index is 0.0569. The lowest BCUT2D eigenvalue weighted by Gasteiger charge is -2.37. The zero-order chi connectivity index (χ0) is 31.2. The van der Waals surface area contributed by atoms with Crippen LogP contribution in [0.5, 0.6) is 5.88 Å². The molecule has 2 fully saturated rings. The van der Waals surface area contributed by atoms with E-state index in [9.17, 15) is 13.2 Å². The molecule has 7 rings (SSSR count). The average Bonchev–Trinajstić information content (AvgIpc) is 3.27. The number of nitrogens with zero attached hydrogens (tertiary/aromatic N) is 5. The summed E-state index contributed by atoms with van der Waals surface area (Å²) in [6, 6.07) is 10.9. The van der Waals surface area contributed by atoms with E-state index in [1.165, 1.54) is 31.5 Å². The van der Waals surface area contributed by atoms with Gasteiger partial charge in [-0.1, -0.05) is 18.9 Å². The van der Waals surface area contributed by atoms with Gasteiger partial charge in [-0.25, -0.2) is 13.4 Å². The normalized spacial score (nSPS) is 17.8. The Morgan fingerprint density at radius 1 is 0.933 bits per heavy atom. The predicted octanol–water partition coefficient (Wildman–Crippen LogP) is 5.45. The second-order valence-corrected chi connectivity index (χ2v) is 14.2. The lowest BCUT2D eigenvalue weighted by atomic mass is 9.64. The van der Waals surface area contributed by atoms with Gasteiger partial charge < -0.3 is 14.5 Å². The smallest absolute Gasteiger partial charge is 0.263 e. The number of sulfonamides is 1. The van der Waals surface area contributed by atoms with Gasteiger partial charge in [-0.15, -0.1) is 0 Å². The first-order valence-electron chi connectivity index (χ1n) is 15.8. The molecule has 0 unspecified atom stereocenters. The summed E-state index contributed by atoms with van der Waals surface area (Å²) in [7, 11) is -2.14. The number of likely N-dealkylation sites (N-methyl/N-ethyl adjacent to an activating group) is 1. The van der Waals surface area contributed by atoms with E-state index in [0.29, 0.717) is 6.61 Å². The molecule has 3 aromatic heterocycles. The van der Waals surface area contributed by atoms with Crippen molar-refractivity contribution in [2.24, 2.45) is 0 Å². The molecule has 1 amide bonds. The van der Waals surface area contributed by atoms with Crippen LogP contribution in [0.3, 0.4) is 0 Å². The van der Waals surface area contributed by atoms with Crippen molar-refractivity contribution >= 4 is 38.2 Å². The summed E-state index contributed by atoms with van der Waals surface area (Å²) in [5, 5.41) is 0.938. The number of pyridine rings is 3. The van der Waals surface area contributed by atoms with E-state index < -0.39 is 15.4 Å². The van der Waals surface area contributed by atoms with Crippen LogP contribution in [0.25, 0.3) is 22.0 Å². The molecule has 1 spiro atoms. The summed E-state index contributed by atoms with van der Waals surface area (Å²) in [5.74, 6) is 0.360. The maximum atomic E-state index is 13.4. The number of aromatic nitrogens is 3. The van der Waals surface area contributed by atoms with Gasteiger partial charge in [0.25, 0.3) is 10.0 Å². The third kappa shape index (κ3) is 5.42. The van der Waals surface area contributed by atoms with Crippen molar-refractivity contribution in [3.8, 4) is 17.0 Å². The number of amides is 1. The van der Waals surface area contributed by atoms with E-state index in [4.69, 9.17) is 4.74 Å². The first kappa shape index (κ1) is 29.6. The van der Waals surface area contributed by atoms with Gasteiger partial charge in [-0.3, -0.25) is 19.5 Å². The highest BCUT2D eigenvalue weighted by Crippen LogP contribution is 2.55. The number of hydrogen-bond acceptors (Lipinski definition) is 8. The third-order valence-electron chi connectivity index (χ3n) is 9.54. The van der Waals surface area contributed by atoms with E-state index in [-0.39, 0.29) is 22.4 Å². The molecule has 2 aliphatic heterocycles. The average molecular weight is 627 g/mol. The van der Waals surface area contributed by atoms with Gasteiger partial charge in [0.15, 0.2) is 0 Å². The van der Waals surface area contributed by atoms with Crippen LogP contribution in [0, 0.1) is 6.92 Å². The molecule has 1 saturated heterocycles. The lowest BCUT2D eigenvalue weighted by molar-refractivity contribution is -0.125. The van der Waals surface area contributed by atoms with Gasteiger partial charge in [0.05, 0.1) is 29.4 Å². The zero-order valence-corrected chi connectivity index (χ0v) is 26.6. The number of hydrogen-bond donors (Lipinski definition) is 1. The number of carbonyl (C=O) groups is 1. The summed E-state index contributed by atoms with van der Waals surface area (Å²) in [5.41, 5.74) is 4.78. The fourth-order valence-electron chi connectivity index (χ4n) is 6.91. The molecule has 5 heterocycles. The summed E-state index contributed by atoms with van der Waals surface area (Å²) in [6.45, 7) is 5.38. The Morgan fingerprint density at radius 3 is 2.49 bits per heavy atom. The van der Waals surface area contributed by atoms with Crippen molar-refractivity contribution < 1.29 is 17.9 Å². The molecule has 1 N–H and O–H groups in total. The largest absolute Gasteiger partial charge is 0.476 e. The zero-order valence-electron chi connectivity index (χ0n) is 25.8. The molecule has 0 bridgehead atoms. The molecule has 0 atom stereocenters. The van der Waals surface area contributed by atoms with Crippen LogP contribution in [0.1, 0.15) is 56.2 Å². The fourth-order valence-corrected chi connectivity index (χ4v) is 7.90. The molecular formula is C34H38N6O4S. The van der Waals surface area contributed by atoms with Crippen molar-refractivity contribution in [1.29, 1.82) is 0 Å². The SMILES string of the molecule is Cc1ccc(S(=O)(=O)Nc2cc(-c3ccc4ncc5c(c4c3)C3(CCC3)C(=O)N5C)cnc2OCCCN2CCCCC2)cn1. The van der Waals surface area contributed by atoms with Crippen LogP contribution < -0.4 is 14.4 Å². The van der Waals surface area contributed by atoms with Gasteiger partial charge in [0.2, 0.25) is 11.8 Å². The first-order chi connectivity index (χ1) is 21.7. The Hall–Kier alpha value is -4.09. The number of likely N-dealkylation sites (tertiary alicyclic amines) is 1. The third-order valence-corrected chi connectivity index (χ3v) is 10.9. The van der Waals surface area contributed by atoms with Crippen molar-refractivity contribution in [2.75, 3.05) is 42.9 Å². The highest BCUT2D eigenvalue weighted by Gasteiger charge is 2.54. The Labute approximate surface area is 263 Å². The van der Waals surface area contributed by atoms with Crippen molar-refractivity contribution in [3.05, 3.63) is 66.2 Å². The van der Waals surface area contributed by atoms with Gasteiger partial charge in [0.1, 0.15) is 10.6 Å². The minimum Gasteiger partial charge on any atom is -0.476 e. The number of ether oxygens (including phenoxy) is 1. The van der Waals surface area contributed by atoms with Crippen molar-refractivity contribution in [1.82, 2.24) is 19.9 Å². The minimum atomic E-state index is -3.96. The maximum Gasteiger partial charge on any atom is 0.263 e. The molecule has 0 radical (unpaired) electrons. The summed E-state index contributed by atoms with van der Waals surface area (Å²) < 4.78 is 35.7. The van der Waals surface area contributed by atoms with E-state index in [1.54, 1.807) is 29.4 Å². The first-order valence-corrected chi connectivity index (χ1v) is 17.3. The van der Waals surface area contributed by atoms with Crippen LogP contribution in [-0.2, 0) is 20.2 Å². The molecule has 4 aromatic rings. The predicted molar refractivity (Wildman–Crippen MR) is 174 cm³/mol. The van der Waals surface area contributed by atoms with Crippen molar-refractivity contribution in [2.45, 2.75) is 62.2 Å². The van der Waals surface area contributed by atoms with E-state index in [1.807, 2.05) is 32.2 Å². The molecule has 11 heteroatoms. The van der Waals surface area contributed by atoms with Crippen LogP contribution in [0.15, 0.2) is 59.9 Å². The van der Waals surface area contributed by atoms with Crippen LogP contribution in [-0.4, -0.2) is 67.5 Å². The quantitative estimate of drug-likeness (QED) is 0.244. The monoisotopic (exact) mass is 626 g/mol. The molecule has 3 aliphatic rings. The number of benzene rings is 1. The highest BCUT2D eigenvalue weighted by molar-refractivity contribution is 7.92. The fraction of sp³-hybridized carbons (Fsp3) is 0.412. The Bertz CT molecular complexity index is 1870. The number of aryl methyl sites for hydroxylation is 1. The number of piperidine rings is 1. The number of nitrogens with one attached hydrogen (secondary N) is 1. The van der Waals surface area contributed by atoms with E-state index in [2.05, 4.69) is 24.6 Å². The van der Waals surface area contributed by atoms with Crippen LogP contribution in [0.4, 0.5) is 11.4 Å². The Balaban J connectivity index is 1.22. The number of rotatable bonds is 9. The van der Waals surface area contributed by atoms with Crippen molar-refractivity contribution in [3.63, 3.8) is 0 Å².